The van der Waals surface area contributed by atoms with Gasteiger partial charge in [0.05, 0.1) is 7.11 Å². The highest BCUT2D eigenvalue weighted by Crippen LogP contribution is 2.16. The molecular formula is C11H14FNO2. The first-order valence-electron chi connectivity index (χ1n) is 4.71. The number of nitrogens with two attached hydrogens (primary N) is 1. The number of ether oxygens (including phenoxy) is 1. The van der Waals surface area contributed by atoms with Crippen molar-refractivity contribution in [3.63, 3.8) is 0 Å². The summed E-state index contributed by atoms with van der Waals surface area (Å²) in [5, 5.41) is 0. The minimum atomic E-state index is -0.334. The Morgan fingerprint density at radius 2 is 2.33 bits per heavy atom. The second kappa shape index (κ2) is 5.46. The van der Waals surface area contributed by atoms with E-state index in [1.807, 2.05) is 0 Å². The largest absolute Gasteiger partial charge is 0.469 e. The van der Waals surface area contributed by atoms with E-state index in [4.69, 9.17) is 5.73 Å². The van der Waals surface area contributed by atoms with E-state index in [0.29, 0.717) is 12.0 Å². The van der Waals surface area contributed by atoms with Gasteiger partial charge in [-0.05, 0) is 24.1 Å². The first kappa shape index (κ1) is 11.7. The Labute approximate surface area is 88.0 Å². The van der Waals surface area contributed by atoms with Gasteiger partial charge in [0.2, 0.25) is 0 Å². The number of benzene rings is 1. The van der Waals surface area contributed by atoms with Crippen LogP contribution in [0.1, 0.15) is 24.4 Å². The number of esters is 1. The highest BCUT2D eigenvalue weighted by atomic mass is 19.1. The molecule has 0 saturated carbocycles. The van der Waals surface area contributed by atoms with Gasteiger partial charge in [-0.2, -0.15) is 0 Å². The van der Waals surface area contributed by atoms with Crippen molar-refractivity contribution in [3.8, 4) is 0 Å². The summed E-state index contributed by atoms with van der Waals surface area (Å²) in [6.45, 7) is 0. The average Bonchev–Trinajstić information content (AvgIpc) is 2.25. The van der Waals surface area contributed by atoms with Crippen molar-refractivity contribution in [2.24, 2.45) is 5.73 Å². The van der Waals surface area contributed by atoms with E-state index >= 15 is 0 Å². The molecule has 0 saturated heterocycles. The normalized spacial score (nSPS) is 12.2. The van der Waals surface area contributed by atoms with Crippen molar-refractivity contribution in [2.75, 3.05) is 7.11 Å². The van der Waals surface area contributed by atoms with Crippen LogP contribution in [0.3, 0.4) is 0 Å². The smallest absolute Gasteiger partial charge is 0.305 e. The van der Waals surface area contributed by atoms with Crippen LogP contribution < -0.4 is 5.73 Å². The van der Waals surface area contributed by atoms with Gasteiger partial charge in [0.1, 0.15) is 5.82 Å². The first-order chi connectivity index (χ1) is 7.13. The van der Waals surface area contributed by atoms with Gasteiger partial charge in [-0.1, -0.05) is 12.1 Å². The maximum Gasteiger partial charge on any atom is 0.305 e. The van der Waals surface area contributed by atoms with Crippen LogP contribution in [0.2, 0.25) is 0 Å². The summed E-state index contributed by atoms with van der Waals surface area (Å²) in [6.07, 6.45) is 0.699. The van der Waals surface area contributed by atoms with E-state index in [0.717, 1.165) is 0 Å². The SMILES string of the molecule is COC(=O)CCC(N)c1cccc(F)c1. The molecule has 1 atom stereocenters. The number of carbonyl (C=O) groups excluding carboxylic acids is 1. The molecule has 0 fully saturated rings. The zero-order valence-electron chi connectivity index (χ0n) is 8.57. The molecule has 0 spiro atoms. The standard InChI is InChI=1S/C11H14FNO2/c1-15-11(14)6-5-10(13)8-3-2-4-9(12)7-8/h2-4,7,10H,5-6,13H2,1H3. The highest BCUT2D eigenvalue weighted by Gasteiger charge is 2.09. The van der Waals surface area contributed by atoms with Crippen molar-refractivity contribution in [3.05, 3.63) is 35.6 Å². The predicted octanol–water partition coefficient (Wildman–Crippen LogP) is 1.78. The van der Waals surface area contributed by atoms with Gasteiger partial charge in [0.25, 0.3) is 0 Å². The fourth-order valence-corrected chi connectivity index (χ4v) is 1.28. The molecule has 0 radical (unpaired) electrons. The Morgan fingerprint density at radius 1 is 1.60 bits per heavy atom. The minimum Gasteiger partial charge on any atom is -0.469 e. The molecule has 0 amide bonds. The molecule has 0 aliphatic rings. The molecule has 0 aromatic heterocycles. The molecule has 82 valence electrons. The van der Waals surface area contributed by atoms with Gasteiger partial charge in [0.15, 0.2) is 0 Å². The minimum absolute atomic E-state index is 0.244. The van der Waals surface area contributed by atoms with E-state index in [2.05, 4.69) is 4.74 Å². The van der Waals surface area contributed by atoms with Gasteiger partial charge in [0, 0.05) is 12.5 Å². The Hall–Kier alpha value is -1.42. The van der Waals surface area contributed by atoms with Crippen LogP contribution in [0.15, 0.2) is 24.3 Å². The third kappa shape index (κ3) is 3.67. The second-order valence-electron chi connectivity index (χ2n) is 3.28. The molecule has 2 N–H and O–H groups in total. The monoisotopic (exact) mass is 211 g/mol. The molecule has 4 heteroatoms. The summed E-state index contributed by atoms with van der Waals surface area (Å²) in [5.41, 5.74) is 6.49. The maximum atomic E-state index is 12.8. The van der Waals surface area contributed by atoms with Gasteiger partial charge in [-0.15, -0.1) is 0 Å². The summed E-state index contributed by atoms with van der Waals surface area (Å²) in [5.74, 6) is -0.622. The Kier molecular flexibility index (Phi) is 4.24. The number of halogens is 1. The highest BCUT2D eigenvalue weighted by molar-refractivity contribution is 5.69. The van der Waals surface area contributed by atoms with E-state index < -0.39 is 0 Å². The van der Waals surface area contributed by atoms with Crippen molar-refractivity contribution in [1.29, 1.82) is 0 Å². The zero-order chi connectivity index (χ0) is 11.3. The Balaban J connectivity index is 2.53. The number of methoxy groups -OCH3 is 1. The third-order valence-corrected chi connectivity index (χ3v) is 2.16. The molecule has 0 aliphatic heterocycles. The van der Waals surface area contributed by atoms with E-state index in [9.17, 15) is 9.18 Å². The van der Waals surface area contributed by atoms with Crippen LogP contribution in [-0.4, -0.2) is 13.1 Å². The topological polar surface area (TPSA) is 52.3 Å². The lowest BCUT2D eigenvalue weighted by Crippen LogP contribution is -2.13. The van der Waals surface area contributed by atoms with Crippen LogP contribution in [0.4, 0.5) is 4.39 Å². The molecule has 1 rings (SSSR count). The summed E-state index contributed by atoms with van der Waals surface area (Å²) < 4.78 is 17.3. The lowest BCUT2D eigenvalue weighted by molar-refractivity contribution is -0.140. The molecule has 1 aromatic rings. The lowest BCUT2D eigenvalue weighted by atomic mass is 10.0. The van der Waals surface area contributed by atoms with Gasteiger partial charge < -0.3 is 10.5 Å². The zero-order valence-corrected chi connectivity index (χ0v) is 8.57. The van der Waals surface area contributed by atoms with Crippen LogP contribution in [-0.2, 0) is 9.53 Å². The average molecular weight is 211 g/mol. The van der Waals surface area contributed by atoms with Crippen molar-refractivity contribution in [1.82, 2.24) is 0 Å². The molecule has 0 heterocycles. The number of rotatable bonds is 4. The van der Waals surface area contributed by atoms with Crippen molar-refractivity contribution in [2.45, 2.75) is 18.9 Å². The van der Waals surface area contributed by atoms with Crippen molar-refractivity contribution < 1.29 is 13.9 Å². The lowest BCUT2D eigenvalue weighted by Gasteiger charge is -2.10. The second-order valence-corrected chi connectivity index (χ2v) is 3.28. The van der Waals surface area contributed by atoms with Crippen molar-refractivity contribution >= 4 is 5.97 Å². The molecule has 1 unspecified atom stereocenters. The van der Waals surface area contributed by atoms with Crippen LogP contribution in [0.25, 0.3) is 0 Å². The summed E-state index contributed by atoms with van der Waals surface area (Å²) in [4.78, 5) is 10.9. The van der Waals surface area contributed by atoms with E-state index in [1.54, 1.807) is 12.1 Å². The molecule has 1 aromatic carbocycles. The fraction of sp³-hybridized carbons (Fsp3) is 0.364. The summed E-state index contributed by atoms with van der Waals surface area (Å²) in [7, 11) is 1.33. The fourth-order valence-electron chi connectivity index (χ4n) is 1.28. The molecule has 15 heavy (non-hydrogen) atoms. The number of carbonyl (C=O) groups is 1. The Morgan fingerprint density at radius 3 is 2.93 bits per heavy atom. The Bertz CT molecular complexity index is 341. The number of hydrogen-bond donors (Lipinski definition) is 1. The van der Waals surface area contributed by atoms with Gasteiger partial charge in [-0.3, -0.25) is 4.79 Å². The first-order valence-corrected chi connectivity index (χ1v) is 4.71. The summed E-state index contributed by atoms with van der Waals surface area (Å²) >= 11 is 0. The van der Waals surface area contributed by atoms with Crippen LogP contribution in [0.5, 0.6) is 0 Å². The van der Waals surface area contributed by atoms with E-state index in [1.165, 1.54) is 19.2 Å². The van der Waals surface area contributed by atoms with E-state index in [-0.39, 0.29) is 24.2 Å². The van der Waals surface area contributed by atoms with Crippen LogP contribution >= 0.6 is 0 Å². The third-order valence-electron chi connectivity index (χ3n) is 2.16. The number of hydrogen-bond acceptors (Lipinski definition) is 3. The predicted molar refractivity (Wildman–Crippen MR) is 54.6 cm³/mol. The quantitative estimate of drug-likeness (QED) is 0.772. The van der Waals surface area contributed by atoms with Crippen LogP contribution in [0, 0.1) is 5.82 Å². The summed E-state index contributed by atoms with van der Waals surface area (Å²) in [6, 6.07) is 5.74. The van der Waals surface area contributed by atoms with Gasteiger partial charge >= 0.3 is 5.97 Å². The molecular weight excluding hydrogens is 197 g/mol. The molecule has 0 aliphatic carbocycles. The van der Waals surface area contributed by atoms with Gasteiger partial charge in [-0.25, -0.2) is 4.39 Å². The molecule has 3 nitrogen and oxygen atoms in total. The molecule has 0 bridgehead atoms. The maximum absolute atomic E-state index is 12.8.